The molecule has 1 aliphatic heterocycles. The van der Waals surface area contributed by atoms with Gasteiger partial charge in [0.25, 0.3) is 0 Å². The molecule has 1 saturated heterocycles. The summed E-state index contributed by atoms with van der Waals surface area (Å²) in [6.07, 6.45) is 6.00. The summed E-state index contributed by atoms with van der Waals surface area (Å²) >= 11 is 0. The van der Waals surface area contributed by atoms with Gasteiger partial charge < -0.3 is 16.0 Å². The average molecular weight is 407 g/mol. The Labute approximate surface area is 180 Å². The van der Waals surface area contributed by atoms with Gasteiger partial charge in [0.15, 0.2) is 0 Å². The summed E-state index contributed by atoms with van der Waals surface area (Å²) in [6.45, 7) is 3.14. The number of hydrogen-bond acceptors (Lipinski definition) is 3. The second-order valence-corrected chi connectivity index (χ2v) is 8.60. The molecule has 0 aromatic heterocycles. The summed E-state index contributed by atoms with van der Waals surface area (Å²) in [4.78, 5) is 17.2. The number of urea groups is 1. The fourth-order valence-corrected chi connectivity index (χ4v) is 4.87. The van der Waals surface area contributed by atoms with E-state index >= 15 is 0 Å². The van der Waals surface area contributed by atoms with Crippen LogP contribution in [0.2, 0.25) is 0 Å². The van der Waals surface area contributed by atoms with Crippen LogP contribution in [0.1, 0.15) is 55.3 Å². The van der Waals surface area contributed by atoms with Crippen molar-refractivity contribution in [2.45, 2.75) is 50.2 Å². The summed E-state index contributed by atoms with van der Waals surface area (Å²) in [5, 5.41) is 3.26. The van der Waals surface area contributed by atoms with Gasteiger partial charge in [0, 0.05) is 38.3 Å². The van der Waals surface area contributed by atoms with E-state index in [1.807, 2.05) is 29.2 Å². The zero-order valence-electron chi connectivity index (χ0n) is 17.7. The second-order valence-electron chi connectivity index (χ2n) is 8.60. The Hall–Kier alpha value is -2.37. The lowest BCUT2D eigenvalue weighted by molar-refractivity contribution is 0.0946. The molecule has 2 aromatic carbocycles. The highest BCUT2D eigenvalue weighted by Gasteiger charge is 2.32. The maximum atomic E-state index is 12.7. The molecule has 2 fully saturated rings. The van der Waals surface area contributed by atoms with Gasteiger partial charge >= 0.3 is 6.03 Å². The minimum Gasteiger partial charge on any atom is -0.335 e. The molecule has 0 unspecified atom stereocenters. The molecule has 2 amide bonds. The topological polar surface area (TPSA) is 61.6 Å². The molecule has 5 nitrogen and oxygen atoms in total. The molecule has 3 N–H and O–H groups in total. The molecule has 1 heterocycles. The van der Waals surface area contributed by atoms with Crippen molar-refractivity contribution >= 4 is 6.03 Å². The Morgan fingerprint density at radius 1 is 0.833 bits per heavy atom. The Bertz CT molecular complexity index is 783. The van der Waals surface area contributed by atoms with Gasteiger partial charge in [-0.05, 0) is 24.0 Å². The largest absolute Gasteiger partial charge is 0.335 e. The zero-order chi connectivity index (χ0) is 20.8. The third-order valence-corrected chi connectivity index (χ3v) is 6.59. The minimum absolute atomic E-state index is 0.0946. The Morgan fingerprint density at radius 2 is 1.40 bits per heavy atom. The van der Waals surface area contributed by atoms with E-state index in [1.54, 1.807) is 0 Å². The van der Waals surface area contributed by atoms with Crippen molar-refractivity contribution in [2.75, 3.05) is 26.2 Å². The third-order valence-electron chi connectivity index (χ3n) is 6.59. The number of carbonyl (C=O) groups is 1. The van der Waals surface area contributed by atoms with Gasteiger partial charge in [0.1, 0.15) is 0 Å². The third kappa shape index (κ3) is 5.02. The van der Waals surface area contributed by atoms with Crippen molar-refractivity contribution in [3.63, 3.8) is 0 Å². The summed E-state index contributed by atoms with van der Waals surface area (Å²) in [5.74, 6) is 0. The van der Waals surface area contributed by atoms with E-state index in [1.165, 1.54) is 24.8 Å². The molecule has 1 aliphatic carbocycles. The van der Waals surface area contributed by atoms with Gasteiger partial charge in [-0.25, -0.2) is 4.79 Å². The molecule has 0 spiro atoms. The number of piperazine rings is 1. The van der Waals surface area contributed by atoms with Crippen LogP contribution in [-0.2, 0) is 0 Å². The van der Waals surface area contributed by atoms with E-state index in [-0.39, 0.29) is 18.1 Å². The first-order valence-electron chi connectivity index (χ1n) is 11.4. The van der Waals surface area contributed by atoms with E-state index in [4.69, 9.17) is 5.73 Å². The van der Waals surface area contributed by atoms with Crippen LogP contribution in [0.25, 0.3) is 0 Å². The predicted molar refractivity (Wildman–Crippen MR) is 121 cm³/mol. The van der Waals surface area contributed by atoms with Crippen LogP contribution in [0.4, 0.5) is 4.79 Å². The van der Waals surface area contributed by atoms with Crippen LogP contribution in [0, 0.1) is 0 Å². The van der Waals surface area contributed by atoms with E-state index < -0.39 is 0 Å². The van der Waals surface area contributed by atoms with Crippen LogP contribution in [0.3, 0.4) is 0 Å². The first-order chi connectivity index (χ1) is 14.7. The highest BCUT2D eigenvalue weighted by molar-refractivity contribution is 5.74. The van der Waals surface area contributed by atoms with Gasteiger partial charge in [-0.1, -0.05) is 79.9 Å². The Kier molecular flexibility index (Phi) is 7.03. The van der Waals surface area contributed by atoms with Gasteiger partial charge in [-0.15, -0.1) is 0 Å². The second kappa shape index (κ2) is 10.1. The van der Waals surface area contributed by atoms with E-state index in [0.29, 0.717) is 6.04 Å². The first-order valence-corrected chi connectivity index (χ1v) is 11.4. The molecule has 0 bridgehead atoms. The quantitative estimate of drug-likeness (QED) is 0.786. The van der Waals surface area contributed by atoms with Gasteiger partial charge in [0.2, 0.25) is 0 Å². The zero-order valence-corrected chi connectivity index (χ0v) is 17.7. The molecular formula is C25H34N4O. The van der Waals surface area contributed by atoms with Gasteiger partial charge in [0.05, 0.1) is 6.04 Å². The van der Waals surface area contributed by atoms with E-state index in [9.17, 15) is 4.79 Å². The van der Waals surface area contributed by atoms with Gasteiger partial charge in [-0.2, -0.15) is 0 Å². The van der Waals surface area contributed by atoms with Crippen LogP contribution in [-0.4, -0.2) is 48.1 Å². The van der Waals surface area contributed by atoms with Gasteiger partial charge in [-0.3, -0.25) is 4.90 Å². The lowest BCUT2D eigenvalue weighted by Gasteiger charge is -2.42. The number of nitrogens with zero attached hydrogens (tertiary/aromatic N) is 2. The summed E-state index contributed by atoms with van der Waals surface area (Å²) in [6, 6.07) is 21.3. The molecule has 0 radical (unpaired) electrons. The number of amides is 2. The Balaban J connectivity index is 1.42. The molecule has 160 valence electrons. The number of benzene rings is 2. The first kappa shape index (κ1) is 20.9. The molecular weight excluding hydrogens is 372 g/mol. The highest BCUT2D eigenvalue weighted by atomic mass is 16.2. The number of carbonyl (C=O) groups excluding carboxylic acids is 1. The highest BCUT2D eigenvalue weighted by Crippen LogP contribution is 2.33. The van der Waals surface area contributed by atoms with Crippen LogP contribution in [0.5, 0.6) is 0 Å². The molecule has 5 heteroatoms. The lowest BCUT2D eigenvalue weighted by atomic mass is 9.92. The molecule has 2 aliphatic rings. The number of nitrogens with one attached hydrogen (secondary N) is 1. The molecule has 2 atom stereocenters. The van der Waals surface area contributed by atoms with Crippen LogP contribution < -0.4 is 11.1 Å². The normalized spacial score (nSPS) is 20.5. The number of rotatable bonds is 5. The molecule has 1 saturated carbocycles. The molecule has 2 aromatic rings. The minimum atomic E-state index is -0.115. The van der Waals surface area contributed by atoms with Crippen LogP contribution >= 0.6 is 0 Å². The summed E-state index contributed by atoms with van der Waals surface area (Å²) in [7, 11) is 0. The standard InChI is InChI=1S/C25H34N4O/c26-23(20-10-4-1-5-11-20)24(21-12-6-2-7-13-21)28-16-18-29(19-17-28)25(30)27-22-14-8-3-9-15-22/h1-2,4-7,10-13,22-24H,3,8-9,14-19,26H2,(H,27,30)/t23-,24+/m0/s1. The predicted octanol–water partition coefficient (Wildman–Crippen LogP) is 4.09. The average Bonchev–Trinajstić information content (AvgIpc) is 2.81. The van der Waals surface area contributed by atoms with Crippen molar-refractivity contribution in [1.29, 1.82) is 0 Å². The summed E-state index contributed by atoms with van der Waals surface area (Å²) in [5.41, 5.74) is 9.16. The smallest absolute Gasteiger partial charge is 0.317 e. The van der Waals surface area contributed by atoms with E-state index in [0.717, 1.165) is 44.6 Å². The van der Waals surface area contributed by atoms with Crippen molar-refractivity contribution in [3.05, 3.63) is 71.8 Å². The summed E-state index contributed by atoms with van der Waals surface area (Å²) < 4.78 is 0. The number of nitrogens with two attached hydrogens (primary N) is 1. The van der Waals surface area contributed by atoms with E-state index in [2.05, 4.69) is 46.6 Å². The Morgan fingerprint density at radius 3 is 2.00 bits per heavy atom. The maximum absolute atomic E-state index is 12.7. The SMILES string of the molecule is N[C@@H](c1ccccc1)[C@@H](c1ccccc1)N1CCN(C(=O)NC2CCCCC2)CC1. The fraction of sp³-hybridized carbons (Fsp3) is 0.480. The molecule has 4 rings (SSSR count). The van der Waals surface area contributed by atoms with Crippen molar-refractivity contribution < 1.29 is 4.79 Å². The van der Waals surface area contributed by atoms with Crippen molar-refractivity contribution in [3.8, 4) is 0 Å². The lowest BCUT2D eigenvalue weighted by Crippen LogP contribution is -2.55. The maximum Gasteiger partial charge on any atom is 0.317 e. The van der Waals surface area contributed by atoms with Crippen molar-refractivity contribution in [1.82, 2.24) is 15.1 Å². The van der Waals surface area contributed by atoms with Crippen LogP contribution in [0.15, 0.2) is 60.7 Å². The van der Waals surface area contributed by atoms with Crippen molar-refractivity contribution in [2.24, 2.45) is 5.73 Å². The number of hydrogen-bond donors (Lipinski definition) is 2. The monoisotopic (exact) mass is 406 g/mol. The molecule has 30 heavy (non-hydrogen) atoms. The fourth-order valence-electron chi connectivity index (χ4n) is 4.87.